The molecule has 4 nitrogen and oxygen atoms in total. The van der Waals surface area contributed by atoms with Crippen molar-refractivity contribution in [2.45, 2.75) is 50.6 Å². The van der Waals surface area contributed by atoms with E-state index in [1.807, 2.05) is 12.1 Å². The van der Waals surface area contributed by atoms with Gasteiger partial charge in [-0.2, -0.15) is 0 Å². The topological polar surface area (TPSA) is 35.8 Å². The molecule has 2 aromatic rings. The first kappa shape index (κ1) is 16.9. The first-order valence-corrected chi connectivity index (χ1v) is 10.2. The standard InChI is InChI=1S/C20H26N2O2S/c1-23-12-11-22-18(15-7-3-2-4-8-15)14-25-20(22)21-17-13-24-19-10-6-5-9-16(17)19/h5-6,9-10,14-15,17H,2-4,7-8,11-13H2,1H3. The van der Waals surface area contributed by atoms with Crippen LogP contribution in [0, 0.1) is 0 Å². The third-order valence-electron chi connectivity index (χ3n) is 5.31. The lowest BCUT2D eigenvalue weighted by atomic mass is 9.87. The van der Waals surface area contributed by atoms with E-state index >= 15 is 0 Å². The largest absolute Gasteiger partial charge is 0.491 e. The Bertz CT molecular complexity index is 774. The molecule has 1 aromatic heterocycles. The maximum Gasteiger partial charge on any atom is 0.185 e. The van der Waals surface area contributed by atoms with Gasteiger partial charge in [-0.1, -0.05) is 37.5 Å². The molecule has 2 heterocycles. The van der Waals surface area contributed by atoms with Crippen LogP contribution in [0.25, 0.3) is 0 Å². The maximum absolute atomic E-state index is 5.80. The second-order valence-corrected chi connectivity index (χ2v) is 7.75. The number of ether oxygens (including phenoxy) is 2. The Morgan fingerprint density at radius 2 is 2.08 bits per heavy atom. The first-order valence-electron chi connectivity index (χ1n) is 9.29. The van der Waals surface area contributed by atoms with Crippen molar-refractivity contribution in [1.82, 2.24) is 4.57 Å². The first-order chi connectivity index (χ1) is 12.4. The minimum Gasteiger partial charge on any atom is -0.491 e. The van der Waals surface area contributed by atoms with Crippen LogP contribution in [-0.4, -0.2) is 24.9 Å². The molecule has 0 spiro atoms. The Morgan fingerprint density at radius 3 is 2.92 bits per heavy atom. The number of methoxy groups -OCH3 is 1. The summed E-state index contributed by atoms with van der Waals surface area (Å²) >= 11 is 1.77. The molecule has 1 atom stereocenters. The molecule has 1 unspecified atom stereocenters. The average Bonchev–Trinajstić information content (AvgIpc) is 3.26. The highest BCUT2D eigenvalue weighted by Crippen LogP contribution is 2.35. The lowest BCUT2D eigenvalue weighted by molar-refractivity contribution is 0.184. The zero-order valence-corrected chi connectivity index (χ0v) is 15.6. The lowest BCUT2D eigenvalue weighted by Crippen LogP contribution is -2.23. The average molecular weight is 359 g/mol. The van der Waals surface area contributed by atoms with Crippen molar-refractivity contribution >= 4 is 11.3 Å². The molecule has 1 fully saturated rings. The van der Waals surface area contributed by atoms with E-state index in [-0.39, 0.29) is 6.04 Å². The van der Waals surface area contributed by atoms with Gasteiger partial charge in [0, 0.05) is 36.2 Å². The lowest BCUT2D eigenvalue weighted by Gasteiger charge is -2.23. The van der Waals surface area contributed by atoms with Gasteiger partial charge < -0.3 is 14.0 Å². The Balaban J connectivity index is 1.68. The van der Waals surface area contributed by atoms with Crippen molar-refractivity contribution in [2.75, 3.05) is 20.3 Å². The van der Waals surface area contributed by atoms with E-state index in [4.69, 9.17) is 14.5 Å². The summed E-state index contributed by atoms with van der Waals surface area (Å²) in [6.45, 7) is 2.24. The number of benzene rings is 1. The Hall–Kier alpha value is -1.59. The van der Waals surface area contributed by atoms with Crippen molar-refractivity contribution in [3.8, 4) is 5.75 Å². The number of rotatable bonds is 5. The highest BCUT2D eigenvalue weighted by molar-refractivity contribution is 7.07. The number of para-hydroxylation sites is 1. The summed E-state index contributed by atoms with van der Waals surface area (Å²) in [5, 5.41) is 2.33. The van der Waals surface area contributed by atoms with Gasteiger partial charge in [0.15, 0.2) is 4.80 Å². The molecule has 0 saturated heterocycles. The van der Waals surface area contributed by atoms with Crippen LogP contribution in [0.2, 0.25) is 0 Å². The second-order valence-electron chi connectivity index (χ2n) is 6.92. The van der Waals surface area contributed by atoms with E-state index in [1.54, 1.807) is 18.4 Å². The molecule has 134 valence electrons. The highest BCUT2D eigenvalue weighted by Gasteiger charge is 2.24. The minimum absolute atomic E-state index is 0.0999. The van der Waals surface area contributed by atoms with Crippen molar-refractivity contribution in [3.05, 3.63) is 45.7 Å². The molecule has 2 aliphatic rings. The fraction of sp³-hybridized carbons (Fsp3) is 0.550. The van der Waals surface area contributed by atoms with Crippen LogP contribution in [0.3, 0.4) is 0 Å². The Morgan fingerprint density at radius 1 is 1.24 bits per heavy atom. The van der Waals surface area contributed by atoms with Crippen LogP contribution < -0.4 is 9.54 Å². The zero-order chi connectivity index (χ0) is 17.1. The number of hydrogen-bond donors (Lipinski definition) is 0. The van der Waals surface area contributed by atoms with Crippen LogP contribution in [0.5, 0.6) is 5.75 Å². The van der Waals surface area contributed by atoms with Crippen molar-refractivity contribution < 1.29 is 9.47 Å². The number of thiazole rings is 1. The molecule has 4 rings (SSSR count). The molecule has 25 heavy (non-hydrogen) atoms. The molecule has 0 amide bonds. The van der Waals surface area contributed by atoms with Gasteiger partial charge in [0.1, 0.15) is 18.4 Å². The second kappa shape index (κ2) is 7.75. The molecule has 1 aliphatic carbocycles. The predicted octanol–water partition coefficient (Wildman–Crippen LogP) is 4.28. The van der Waals surface area contributed by atoms with Gasteiger partial charge in [-0.05, 0) is 18.9 Å². The molecular weight excluding hydrogens is 332 g/mol. The van der Waals surface area contributed by atoms with Crippen LogP contribution in [0.4, 0.5) is 0 Å². The zero-order valence-electron chi connectivity index (χ0n) is 14.8. The normalized spacial score (nSPS) is 21.3. The number of hydrogen-bond acceptors (Lipinski definition) is 4. The number of nitrogens with zero attached hydrogens (tertiary/aromatic N) is 2. The van der Waals surface area contributed by atoms with E-state index in [9.17, 15) is 0 Å². The summed E-state index contributed by atoms with van der Waals surface area (Å²) in [5.74, 6) is 1.65. The van der Waals surface area contributed by atoms with Gasteiger partial charge >= 0.3 is 0 Å². The minimum atomic E-state index is 0.0999. The molecule has 0 N–H and O–H groups in total. The fourth-order valence-electron chi connectivity index (χ4n) is 3.96. The van der Waals surface area contributed by atoms with Gasteiger partial charge in [0.25, 0.3) is 0 Å². The quantitative estimate of drug-likeness (QED) is 0.800. The van der Waals surface area contributed by atoms with Crippen LogP contribution >= 0.6 is 11.3 Å². The number of aromatic nitrogens is 1. The summed E-state index contributed by atoms with van der Waals surface area (Å²) < 4.78 is 13.6. The van der Waals surface area contributed by atoms with Gasteiger partial charge in [0.2, 0.25) is 0 Å². The summed E-state index contributed by atoms with van der Waals surface area (Å²) in [7, 11) is 1.77. The molecular formula is C20H26N2O2S. The maximum atomic E-state index is 5.80. The smallest absolute Gasteiger partial charge is 0.185 e. The monoisotopic (exact) mass is 358 g/mol. The van der Waals surface area contributed by atoms with Crippen molar-refractivity contribution in [3.63, 3.8) is 0 Å². The highest BCUT2D eigenvalue weighted by atomic mass is 32.1. The van der Waals surface area contributed by atoms with E-state index in [2.05, 4.69) is 22.1 Å². The van der Waals surface area contributed by atoms with Gasteiger partial charge in [-0.25, -0.2) is 4.99 Å². The summed E-state index contributed by atoms with van der Waals surface area (Å²) in [6, 6.07) is 8.35. The molecule has 5 heteroatoms. The molecule has 1 saturated carbocycles. The van der Waals surface area contributed by atoms with Crippen molar-refractivity contribution in [2.24, 2.45) is 4.99 Å². The van der Waals surface area contributed by atoms with E-state index in [1.165, 1.54) is 43.4 Å². The van der Waals surface area contributed by atoms with Crippen molar-refractivity contribution in [1.29, 1.82) is 0 Å². The molecule has 0 radical (unpaired) electrons. The Kier molecular flexibility index (Phi) is 5.22. The third-order valence-corrected chi connectivity index (χ3v) is 6.21. The number of fused-ring (bicyclic) bond motifs is 1. The molecule has 1 aliphatic heterocycles. The SMILES string of the molecule is COCCn1c(C2CCCCC2)csc1=NC1COc2ccccc21. The fourth-order valence-corrected chi connectivity index (χ4v) is 5.02. The molecule has 1 aromatic carbocycles. The summed E-state index contributed by atoms with van der Waals surface area (Å²) in [4.78, 5) is 6.17. The summed E-state index contributed by atoms with van der Waals surface area (Å²) in [5.41, 5.74) is 2.65. The van der Waals surface area contributed by atoms with E-state index in [0.717, 1.165) is 23.7 Å². The van der Waals surface area contributed by atoms with Crippen LogP contribution in [0.1, 0.15) is 55.3 Å². The van der Waals surface area contributed by atoms with Crippen LogP contribution in [-0.2, 0) is 11.3 Å². The van der Waals surface area contributed by atoms with Gasteiger partial charge in [-0.15, -0.1) is 11.3 Å². The van der Waals surface area contributed by atoms with Gasteiger partial charge in [0.05, 0.1) is 6.61 Å². The molecule has 0 bridgehead atoms. The van der Waals surface area contributed by atoms with E-state index in [0.29, 0.717) is 12.5 Å². The van der Waals surface area contributed by atoms with E-state index < -0.39 is 0 Å². The third kappa shape index (κ3) is 3.53. The predicted molar refractivity (Wildman–Crippen MR) is 100 cm³/mol. The Labute approximate surface area is 153 Å². The van der Waals surface area contributed by atoms with Crippen LogP contribution in [0.15, 0.2) is 34.6 Å². The summed E-state index contributed by atoms with van der Waals surface area (Å²) in [6.07, 6.45) is 6.69. The van der Waals surface area contributed by atoms with Gasteiger partial charge in [-0.3, -0.25) is 0 Å².